The minimum atomic E-state index is -6.65. The second kappa shape index (κ2) is 6.76. The molecule has 0 aromatic rings. The molecule has 13 heteroatoms. The number of halogens is 5. The summed E-state index contributed by atoms with van der Waals surface area (Å²) in [5.74, 6) is -8.04. The number of hydrogen-bond donors (Lipinski definition) is 2. The fourth-order valence-corrected chi connectivity index (χ4v) is 6.14. The maximum absolute atomic E-state index is 13.9. The first kappa shape index (κ1) is 22.2. The van der Waals surface area contributed by atoms with Crippen molar-refractivity contribution in [3.8, 4) is 0 Å². The van der Waals surface area contributed by atoms with Gasteiger partial charge in [0.2, 0.25) is 6.10 Å². The Morgan fingerprint density at radius 1 is 0.966 bits per heavy atom. The average molecular weight is 450 g/mol. The van der Waals surface area contributed by atoms with Crippen molar-refractivity contribution in [2.24, 2.45) is 29.1 Å². The van der Waals surface area contributed by atoms with Gasteiger partial charge in [0, 0.05) is 0 Å². The minimum Gasteiger partial charge on any atom is -0.478 e. The van der Waals surface area contributed by atoms with Gasteiger partial charge < -0.3 is 9.84 Å². The molecule has 4 aliphatic rings. The van der Waals surface area contributed by atoms with E-state index in [0.29, 0.717) is 0 Å². The molecule has 0 heterocycles. The molecule has 2 atom stereocenters. The number of aliphatic carboxylic acids is 1. The van der Waals surface area contributed by atoms with E-state index < -0.39 is 50.9 Å². The van der Waals surface area contributed by atoms with Gasteiger partial charge in [-0.05, 0) is 56.3 Å². The molecule has 0 aromatic carbocycles. The van der Waals surface area contributed by atoms with E-state index in [4.69, 9.17) is 9.66 Å². The Morgan fingerprint density at radius 2 is 1.38 bits per heavy atom. The van der Waals surface area contributed by atoms with Crippen LogP contribution >= 0.6 is 0 Å². The Labute approximate surface area is 162 Å². The van der Waals surface area contributed by atoms with Crippen LogP contribution in [-0.4, -0.2) is 47.6 Å². The van der Waals surface area contributed by atoms with Gasteiger partial charge in [-0.25, -0.2) is 4.79 Å². The number of rotatable bonds is 6. The highest BCUT2D eigenvalue weighted by molar-refractivity contribution is 7.86. The number of carboxylic acids is 1. The van der Waals surface area contributed by atoms with E-state index in [1.165, 1.54) is 0 Å². The van der Waals surface area contributed by atoms with Crippen molar-refractivity contribution in [2.45, 2.75) is 56.1 Å². The predicted octanol–water partition coefficient (Wildman–Crippen LogP) is 2.86. The smallest absolute Gasteiger partial charge is 0.403 e. The van der Waals surface area contributed by atoms with Gasteiger partial charge in [0.05, 0.1) is 5.41 Å². The number of carboxylic acid groups (broad SMARTS) is 1. The lowest BCUT2D eigenvalue weighted by molar-refractivity contribution is -0.254. The third-order valence-electron chi connectivity index (χ3n) is 6.31. The van der Waals surface area contributed by atoms with Gasteiger partial charge in [-0.1, -0.05) is 0 Å². The monoisotopic (exact) mass is 450 g/mol. The number of ether oxygens (including phenoxy) is 1. The molecule has 0 amide bonds. The van der Waals surface area contributed by atoms with E-state index in [9.17, 15) is 40.0 Å². The summed E-state index contributed by atoms with van der Waals surface area (Å²) < 4.78 is 102. The molecular formula is C16H19F5O7S. The SMILES string of the molecule is O=C(O)C(OC(=O)C12CC3CC(CC(C3)C1)C2)C(C(F)(F)F)C(F)(F)S(=O)(=O)O. The molecule has 4 fully saturated rings. The highest BCUT2D eigenvalue weighted by Crippen LogP contribution is 2.60. The standard InChI is InChI=1S/C16H19F5O7S/c17-15(18,19)11(16(20,21)29(25,26)27)10(12(22)23)28-13(24)14-4-7-1-8(5-14)3-9(2-7)6-14/h7-11H,1-6H2,(H,22,23)(H,25,26,27). The van der Waals surface area contributed by atoms with Crippen molar-refractivity contribution >= 4 is 22.1 Å². The van der Waals surface area contributed by atoms with E-state index in [1.807, 2.05) is 0 Å². The summed E-state index contributed by atoms with van der Waals surface area (Å²) in [6.45, 7) is 0. The van der Waals surface area contributed by atoms with Crippen LogP contribution < -0.4 is 0 Å². The fourth-order valence-electron chi connectivity index (χ4n) is 5.56. The molecule has 0 aromatic heterocycles. The van der Waals surface area contributed by atoms with E-state index in [-0.39, 0.29) is 37.0 Å². The van der Waals surface area contributed by atoms with Gasteiger partial charge in [0.15, 0.2) is 5.92 Å². The van der Waals surface area contributed by atoms with Crippen LogP contribution in [0.25, 0.3) is 0 Å². The maximum Gasteiger partial charge on any atom is 0.403 e. The molecule has 4 rings (SSSR count). The molecule has 4 bridgehead atoms. The first-order valence-corrected chi connectivity index (χ1v) is 10.4. The molecule has 0 saturated heterocycles. The second-order valence-electron chi connectivity index (χ2n) is 8.42. The zero-order chi connectivity index (χ0) is 22.0. The van der Waals surface area contributed by atoms with Crippen LogP contribution in [0.2, 0.25) is 0 Å². The molecule has 0 radical (unpaired) electrons. The van der Waals surface area contributed by atoms with Gasteiger partial charge in [-0.2, -0.15) is 30.4 Å². The van der Waals surface area contributed by atoms with Gasteiger partial charge in [0.1, 0.15) is 0 Å². The topological polar surface area (TPSA) is 118 Å². The highest BCUT2D eigenvalue weighted by Gasteiger charge is 2.69. The molecule has 166 valence electrons. The van der Waals surface area contributed by atoms with Crippen LogP contribution in [0.5, 0.6) is 0 Å². The first-order valence-electron chi connectivity index (χ1n) is 8.92. The fraction of sp³-hybridized carbons (Fsp3) is 0.875. The minimum absolute atomic E-state index is 0.120. The quantitative estimate of drug-likeness (QED) is 0.363. The summed E-state index contributed by atoms with van der Waals surface area (Å²) in [5, 5.41) is 3.15. The van der Waals surface area contributed by atoms with Crippen molar-refractivity contribution in [1.29, 1.82) is 0 Å². The van der Waals surface area contributed by atoms with Crippen molar-refractivity contribution in [2.75, 3.05) is 0 Å². The van der Waals surface area contributed by atoms with Crippen LogP contribution in [0.4, 0.5) is 22.0 Å². The predicted molar refractivity (Wildman–Crippen MR) is 84.2 cm³/mol. The summed E-state index contributed by atoms with van der Waals surface area (Å²) in [5.41, 5.74) is -1.26. The normalized spacial score (nSPS) is 33.9. The summed E-state index contributed by atoms with van der Waals surface area (Å²) >= 11 is 0. The number of carbonyl (C=O) groups is 2. The first-order chi connectivity index (χ1) is 13.1. The van der Waals surface area contributed by atoms with Crippen LogP contribution in [0.3, 0.4) is 0 Å². The van der Waals surface area contributed by atoms with Crippen LogP contribution in [0.15, 0.2) is 0 Å². The Kier molecular flexibility index (Phi) is 5.17. The lowest BCUT2D eigenvalue weighted by Gasteiger charge is -2.55. The summed E-state index contributed by atoms with van der Waals surface area (Å²) in [4.78, 5) is 24.0. The van der Waals surface area contributed by atoms with Crippen molar-refractivity contribution < 1.29 is 54.4 Å². The number of hydrogen-bond acceptors (Lipinski definition) is 5. The van der Waals surface area contributed by atoms with E-state index in [2.05, 4.69) is 4.74 Å². The third kappa shape index (κ3) is 3.82. The van der Waals surface area contributed by atoms with Gasteiger partial charge in [-0.3, -0.25) is 9.35 Å². The third-order valence-corrected chi connectivity index (χ3v) is 7.25. The molecule has 29 heavy (non-hydrogen) atoms. The summed E-state index contributed by atoms with van der Waals surface area (Å²) in [6.07, 6.45) is -6.36. The summed E-state index contributed by atoms with van der Waals surface area (Å²) in [7, 11) is -6.65. The van der Waals surface area contributed by atoms with E-state index >= 15 is 0 Å². The maximum atomic E-state index is 13.9. The van der Waals surface area contributed by atoms with Crippen molar-refractivity contribution in [3.63, 3.8) is 0 Å². The number of alkyl halides is 5. The molecule has 7 nitrogen and oxygen atoms in total. The molecular weight excluding hydrogens is 431 g/mol. The Hall–Kier alpha value is -1.50. The van der Waals surface area contributed by atoms with E-state index in [0.717, 1.165) is 19.3 Å². The average Bonchev–Trinajstić information content (AvgIpc) is 2.49. The second-order valence-corrected chi connectivity index (χ2v) is 9.91. The zero-order valence-corrected chi connectivity index (χ0v) is 15.7. The van der Waals surface area contributed by atoms with Crippen molar-refractivity contribution in [3.05, 3.63) is 0 Å². The number of carbonyl (C=O) groups excluding carboxylic acids is 1. The Bertz CT molecular complexity index is 772. The van der Waals surface area contributed by atoms with E-state index in [1.54, 1.807) is 0 Å². The lowest BCUT2D eigenvalue weighted by Crippen LogP contribution is -2.57. The van der Waals surface area contributed by atoms with Gasteiger partial charge in [-0.15, -0.1) is 0 Å². The molecule has 0 aliphatic heterocycles. The van der Waals surface area contributed by atoms with Gasteiger partial charge >= 0.3 is 33.5 Å². The molecule has 0 spiro atoms. The van der Waals surface area contributed by atoms with Crippen molar-refractivity contribution in [1.82, 2.24) is 0 Å². The highest BCUT2D eigenvalue weighted by atomic mass is 32.2. The van der Waals surface area contributed by atoms with Crippen LogP contribution in [-0.2, 0) is 24.4 Å². The molecule has 4 aliphatic carbocycles. The molecule has 2 N–H and O–H groups in total. The summed E-state index contributed by atoms with van der Waals surface area (Å²) in [6, 6.07) is 0. The molecule has 4 saturated carbocycles. The molecule has 2 unspecified atom stereocenters. The van der Waals surface area contributed by atoms with Crippen LogP contribution in [0.1, 0.15) is 38.5 Å². The number of esters is 1. The lowest BCUT2D eigenvalue weighted by atomic mass is 9.49. The largest absolute Gasteiger partial charge is 0.478 e. The van der Waals surface area contributed by atoms with Gasteiger partial charge in [0.25, 0.3) is 0 Å². The Balaban J connectivity index is 1.93. The Morgan fingerprint density at radius 3 is 1.69 bits per heavy atom. The van der Waals surface area contributed by atoms with Crippen LogP contribution in [0, 0.1) is 29.1 Å². The zero-order valence-electron chi connectivity index (χ0n) is 14.9.